The Bertz CT molecular complexity index is 1000. The van der Waals surface area contributed by atoms with Gasteiger partial charge in [0.2, 0.25) is 0 Å². The Morgan fingerprint density at radius 3 is 2.47 bits per heavy atom. The van der Waals surface area contributed by atoms with Crippen molar-refractivity contribution in [3.8, 4) is 5.75 Å². The molecule has 2 heterocycles. The number of aliphatic hydroxyl groups excluding tert-OH is 1. The van der Waals surface area contributed by atoms with Crippen molar-refractivity contribution in [2.75, 3.05) is 27.4 Å². The molecule has 3 rings (SSSR count). The fourth-order valence-corrected chi connectivity index (χ4v) is 3.80. The highest BCUT2D eigenvalue weighted by Gasteiger charge is 2.47. The van der Waals surface area contributed by atoms with E-state index in [2.05, 4.69) is 0 Å². The van der Waals surface area contributed by atoms with Gasteiger partial charge in [-0.05, 0) is 62.6 Å². The zero-order valence-corrected chi connectivity index (χ0v) is 17.9. The largest absolute Gasteiger partial charge is 0.507 e. The number of carbonyl (C=O) groups is 2. The predicted molar refractivity (Wildman–Crippen MR) is 111 cm³/mol. The second kappa shape index (κ2) is 8.75. The number of methoxy groups -OCH3 is 2. The van der Waals surface area contributed by atoms with E-state index in [1.54, 1.807) is 45.4 Å². The summed E-state index contributed by atoms with van der Waals surface area (Å²) >= 11 is 0. The first-order valence-electron chi connectivity index (χ1n) is 9.79. The van der Waals surface area contributed by atoms with Gasteiger partial charge in [-0.15, -0.1) is 0 Å². The van der Waals surface area contributed by atoms with Crippen LogP contribution in [0.4, 0.5) is 0 Å². The molecule has 1 unspecified atom stereocenters. The summed E-state index contributed by atoms with van der Waals surface area (Å²) in [6, 6.07) is 6.26. The molecule has 1 aliphatic heterocycles. The third-order valence-electron chi connectivity index (χ3n) is 5.32. The molecule has 0 spiro atoms. The molecule has 1 amide bonds. The van der Waals surface area contributed by atoms with E-state index in [0.29, 0.717) is 42.4 Å². The van der Waals surface area contributed by atoms with E-state index in [-0.39, 0.29) is 11.3 Å². The monoisotopic (exact) mass is 413 g/mol. The molecule has 1 aliphatic rings. The standard InChI is InChI=1S/C23H27NO6/c1-13-12-18(29-5)14(2)11-16(13)21(25)19-20(17-8-7-15(3)30-17)24(9-6-10-28-4)23(27)22(19)26/h7-8,11-12,20,25H,6,9-10H2,1-5H3/b21-19+. The number of hydrogen-bond acceptors (Lipinski definition) is 6. The Morgan fingerprint density at radius 2 is 1.87 bits per heavy atom. The van der Waals surface area contributed by atoms with Crippen molar-refractivity contribution in [2.45, 2.75) is 33.2 Å². The summed E-state index contributed by atoms with van der Waals surface area (Å²) in [5.74, 6) is 0.177. The van der Waals surface area contributed by atoms with Crippen LogP contribution in [0.5, 0.6) is 5.75 Å². The first kappa shape index (κ1) is 21.6. The average molecular weight is 413 g/mol. The van der Waals surface area contributed by atoms with Crippen molar-refractivity contribution in [1.82, 2.24) is 4.90 Å². The minimum atomic E-state index is -0.794. The van der Waals surface area contributed by atoms with E-state index in [4.69, 9.17) is 13.9 Å². The number of ether oxygens (including phenoxy) is 2. The average Bonchev–Trinajstić information content (AvgIpc) is 3.25. The molecule has 1 aromatic heterocycles. The Kier molecular flexibility index (Phi) is 6.31. The summed E-state index contributed by atoms with van der Waals surface area (Å²) in [5.41, 5.74) is 2.05. The molecule has 0 bridgehead atoms. The van der Waals surface area contributed by atoms with E-state index in [0.717, 1.165) is 11.1 Å². The van der Waals surface area contributed by atoms with Gasteiger partial charge in [0, 0.05) is 25.8 Å². The van der Waals surface area contributed by atoms with Crippen LogP contribution in [0, 0.1) is 20.8 Å². The van der Waals surface area contributed by atoms with Crippen LogP contribution in [-0.2, 0) is 14.3 Å². The molecule has 0 saturated carbocycles. The summed E-state index contributed by atoms with van der Waals surface area (Å²) < 4.78 is 16.2. The number of likely N-dealkylation sites (tertiary alicyclic amines) is 1. The van der Waals surface area contributed by atoms with Crippen molar-refractivity contribution in [3.63, 3.8) is 0 Å². The van der Waals surface area contributed by atoms with Crippen molar-refractivity contribution in [2.24, 2.45) is 0 Å². The SMILES string of the molecule is COCCCN1C(=O)C(=O)/C(=C(/O)c2cc(C)c(OC)cc2C)C1c1ccc(C)o1. The maximum Gasteiger partial charge on any atom is 0.295 e. The van der Waals surface area contributed by atoms with E-state index < -0.39 is 17.7 Å². The van der Waals surface area contributed by atoms with Gasteiger partial charge in [0.1, 0.15) is 29.1 Å². The third kappa shape index (κ3) is 3.85. The zero-order valence-electron chi connectivity index (χ0n) is 17.9. The number of furan rings is 1. The van der Waals surface area contributed by atoms with E-state index in [1.807, 2.05) is 13.8 Å². The lowest BCUT2D eigenvalue weighted by atomic mass is 9.95. The van der Waals surface area contributed by atoms with Crippen LogP contribution in [0.15, 0.2) is 34.3 Å². The van der Waals surface area contributed by atoms with Gasteiger partial charge in [-0.2, -0.15) is 0 Å². The zero-order chi connectivity index (χ0) is 22.0. The van der Waals surface area contributed by atoms with Crippen LogP contribution < -0.4 is 4.74 Å². The van der Waals surface area contributed by atoms with Gasteiger partial charge in [0.05, 0.1) is 12.7 Å². The normalized spacial score (nSPS) is 18.3. The highest BCUT2D eigenvalue weighted by molar-refractivity contribution is 6.46. The molecule has 2 aromatic rings. The molecular weight excluding hydrogens is 386 g/mol. The summed E-state index contributed by atoms with van der Waals surface area (Å²) in [5, 5.41) is 11.2. The van der Waals surface area contributed by atoms with Gasteiger partial charge in [0.15, 0.2) is 0 Å². The summed E-state index contributed by atoms with van der Waals surface area (Å²) in [4.78, 5) is 27.2. The number of benzene rings is 1. The maximum atomic E-state index is 13.0. The van der Waals surface area contributed by atoms with Gasteiger partial charge < -0.3 is 23.9 Å². The number of nitrogens with zero attached hydrogens (tertiary/aromatic N) is 1. The Hall–Kier alpha value is -3.06. The topological polar surface area (TPSA) is 89.2 Å². The molecule has 0 radical (unpaired) electrons. The molecule has 1 saturated heterocycles. The number of Topliss-reactive ketones (excluding diaryl/α,β-unsaturated/α-hetero) is 1. The molecule has 1 atom stereocenters. The number of rotatable bonds is 7. The van der Waals surface area contributed by atoms with Crippen molar-refractivity contribution in [3.05, 3.63) is 58.0 Å². The minimum absolute atomic E-state index is 0.0273. The lowest BCUT2D eigenvalue weighted by molar-refractivity contribution is -0.140. The summed E-state index contributed by atoms with van der Waals surface area (Å²) in [6.45, 7) is 6.21. The first-order chi connectivity index (χ1) is 14.3. The number of ketones is 1. The van der Waals surface area contributed by atoms with Gasteiger partial charge in [-0.25, -0.2) is 0 Å². The van der Waals surface area contributed by atoms with Gasteiger partial charge in [0.25, 0.3) is 11.7 Å². The van der Waals surface area contributed by atoms with Gasteiger partial charge in [-0.1, -0.05) is 0 Å². The summed E-state index contributed by atoms with van der Waals surface area (Å²) in [7, 11) is 3.16. The molecule has 1 fully saturated rings. The lowest BCUT2D eigenvalue weighted by Gasteiger charge is -2.23. The molecule has 30 heavy (non-hydrogen) atoms. The molecule has 1 N–H and O–H groups in total. The van der Waals surface area contributed by atoms with Crippen LogP contribution >= 0.6 is 0 Å². The quantitative estimate of drug-likeness (QED) is 0.322. The van der Waals surface area contributed by atoms with Crippen LogP contribution in [-0.4, -0.2) is 49.1 Å². The maximum absolute atomic E-state index is 13.0. The fourth-order valence-electron chi connectivity index (χ4n) is 3.80. The number of carbonyl (C=O) groups excluding carboxylic acids is 2. The molecule has 160 valence electrons. The Morgan fingerprint density at radius 1 is 1.13 bits per heavy atom. The van der Waals surface area contributed by atoms with Crippen molar-refractivity contribution in [1.29, 1.82) is 0 Å². The molecule has 0 aliphatic carbocycles. The molecular formula is C23H27NO6. The number of aliphatic hydroxyl groups is 1. The molecule has 1 aromatic carbocycles. The fraction of sp³-hybridized carbons (Fsp3) is 0.391. The van der Waals surface area contributed by atoms with Crippen LogP contribution in [0.3, 0.4) is 0 Å². The van der Waals surface area contributed by atoms with Crippen LogP contribution in [0.25, 0.3) is 5.76 Å². The number of amides is 1. The van der Waals surface area contributed by atoms with E-state index >= 15 is 0 Å². The van der Waals surface area contributed by atoms with Gasteiger partial charge in [-0.3, -0.25) is 9.59 Å². The van der Waals surface area contributed by atoms with E-state index in [1.165, 1.54) is 4.90 Å². The Balaban J connectivity index is 2.15. The summed E-state index contributed by atoms with van der Waals surface area (Å²) in [6.07, 6.45) is 0.556. The third-order valence-corrected chi connectivity index (χ3v) is 5.32. The van der Waals surface area contributed by atoms with Crippen molar-refractivity contribution < 1.29 is 28.6 Å². The molecule has 7 heteroatoms. The minimum Gasteiger partial charge on any atom is -0.507 e. The molecule has 7 nitrogen and oxygen atoms in total. The second-order valence-electron chi connectivity index (χ2n) is 7.42. The number of hydrogen-bond donors (Lipinski definition) is 1. The van der Waals surface area contributed by atoms with Gasteiger partial charge >= 0.3 is 0 Å². The van der Waals surface area contributed by atoms with E-state index in [9.17, 15) is 14.7 Å². The smallest absolute Gasteiger partial charge is 0.295 e. The van der Waals surface area contributed by atoms with Crippen molar-refractivity contribution >= 4 is 17.4 Å². The second-order valence-corrected chi connectivity index (χ2v) is 7.42. The number of aryl methyl sites for hydroxylation is 3. The van der Waals surface area contributed by atoms with Crippen LogP contribution in [0.2, 0.25) is 0 Å². The highest BCUT2D eigenvalue weighted by Crippen LogP contribution is 2.41. The first-order valence-corrected chi connectivity index (χ1v) is 9.79. The Labute approximate surface area is 175 Å². The lowest BCUT2D eigenvalue weighted by Crippen LogP contribution is -2.31. The van der Waals surface area contributed by atoms with Crippen LogP contribution in [0.1, 0.15) is 40.7 Å². The predicted octanol–water partition coefficient (Wildman–Crippen LogP) is 3.67. The highest BCUT2D eigenvalue weighted by atomic mass is 16.5.